The van der Waals surface area contributed by atoms with E-state index in [0.717, 1.165) is 49.8 Å². The Morgan fingerprint density at radius 1 is 0.472 bits per heavy atom. The maximum Gasteiger partial charge on any atom is 0.235 e. The molecule has 4 bridgehead atoms. The Morgan fingerprint density at radius 3 is 0.917 bits per heavy atom. The van der Waals surface area contributed by atoms with Crippen molar-refractivity contribution in [3.05, 3.63) is 142 Å². The Balaban J connectivity index is 0.000000436. The zero-order valence-electron chi connectivity index (χ0n) is 46.6. The molecule has 4 aliphatic rings. The lowest BCUT2D eigenvalue weighted by Crippen LogP contribution is -3.00. The van der Waals surface area contributed by atoms with Crippen molar-refractivity contribution in [1.82, 2.24) is 0 Å². The fourth-order valence-electron chi connectivity index (χ4n) is 10.2. The topological polar surface area (TPSA) is 117 Å². The van der Waals surface area contributed by atoms with E-state index in [0.29, 0.717) is 47.7 Å². The number of hydrogen-bond donors (Lipinski definition) is 0. The number of carbonyl (C=O) groups excluding carboxylic acids is 2. The number of benzene rings is 4. The first kappa shape index (κ1) is 68.2. The van der Waals surface area contributed by atoms with Gasteiger partial charge in [0, 0.05) is 59.3 Å². The van der Waals surface area contributed by atoms with Crippen LogP contribution in [-0.2, 0) is 44.6 Å². The van der Waals surface area contributed by atoms with Gasteiger partial charge in [0.2, 0.25) is 48.0 Å². The molecule has 4 aromatic rings. The molecular formula is C60H90I2O8S2. The van der Waals surface area contributed by atoms with Crippen LogP contribution in [-0.4, -0.2) is 23.1 Å². The molecule has 72 heavy (non-hydrogen) atoms. The third kappa shape index (κ3) is 18.7. The Morgan fingerprint density at radius 2 is 0.736 bits per heavy atom. The van der Waals surface area contributed by atoms with Crippen LogP contribution in [0.25, 0.3) is 0 Å². The van der Waals surface area contributed by atoms with E-state index in [1.54, 1.807) is 0 Å². The van der Waals surface area contributed by atoms with E-state index >= 15 is 0 Å². The van der Waals surface area contributed by atoms with Crippen LogP contribution in [0.3, 0.4) is 0 Å². The van der Waals surface area contributed by atoms with Crippen LogP contribution in [0.2, 0.25) is 0 Å². The predicted molar refractivity (Wildman–Crippen MR) is 293 cm³/mol. The standard InChI is InChI=1S/3C11H16.2C10H16O4S.C7H8.2H2I/c3*1-9-5-7-10(8-6-9)11(2,3)4;2*1-9(2)7-3-4-10(9,8(11)5-7)6-15-14-13-12;1-7-5-3-2-4-6-7;;/h3*5-8H,1-4H3;2*7,12H,3-6H2,1-2H3;2-6H,1H3;2*1H2/q;;;;;;2*+1/p-2. The number of halogens is 2. The molecule has 4 fully saturated rings. The molecule has 0 aliphatic heterocycles. The highest BCUT2D eigenvalue weighted by molar-refractivity contribution is 7.94. The van der Waals surface area contributed by atoms with E-state index in [1.807, 2.05) is 18.2 Å². The predicted octanol–water partition coefficient (Wildman–Crippen LogP) is 7.32. The molecule has 0 spiro atoms. The van der Waals surface area contributed by atoms with E-state index in [4.69, 9.17) is 0 Å². The van der Waals surface area contributed by atoms with Crippen LogP contribution in [0.5, 0.6) is 0 Å². The normalized spacial score (nSPS) is 21.8. The second-order valence-electron chi connectivity index (χ2n) is 24.1. The van der Waals surface area contributed by atoms with E-state index in [-0.39, 0.29) is 85.9 Å². The minimum Gasteiger partial charge on any atom is -0.691 e. The Hall–Kier alpha value is -1.86. The highest BCUT2D eigenvalue weighted by Gasteiger charge is 2.65. The van der Waals surface area contributed by atoms with Crippen molar-refractivity contribution in [2.75, 3.05) is 11.5 Å². The van der Waals surface area contributed by atoms with Gasteiger partial charge in [0.05, 0.1) is 0 Å². The molecule has 4 aromatic carbocycles. The summed E-state index contributed by atoms with van der Waals surface area (Å²) < 4.78 is 8.58. The molecule has 0 N–H and O–H groups in total. The van der Waals surface area contributed by atoms with Crippen LogP contribution < -0.4 is 58.5 Å². The number of hydrogen-bond acceptors (Lipinski definition) is 10. The quantitative estimate of drug-likeness (QED) is 0.0585. The molecule has 404 valence electrons. The molecule has 4 aliphatic carbocycles. The van der Waals surface area contributed by atoms with Crippen molar-refractivity contribution in [2.24, 2.45) is 33.5 Å². The molecule has 8 nitrogen and oxygen atoms in total. The number of Topliss-reactive ketones (excluding diaryl/α,β-unsaturated/α-hetero) is 2. The fraction of sp³-hybridized carbons (Fsp3) is 0.567. The third-order valence-electron chi connectivity index (χ3n) is 15.7. The largest absolute Gasteiger partial charge is 0.691 e. The van der Waals surface area contributed by atoms with Gasteiger partial charge in [-0.2, -0.15) is 8.67 Å². The smallest absolute Gasteiger partial charge is 0.235 e. The van der Waals surface area contributed by atoms with E-state index in [9.17, 15) is 20.1 Å². The lowest BCUT2D eigenvalue weighted by atomic mass is 9.70. The van der Waals surface area contributed by atoms with Crippen LogP contribution in [0.1, 0.15) is 167 Å². The molecule has 0 aromatic heterocycles. The Kier molecular flexibility index (Phi) is 28.0. The van der Waals surface area contributed by atoms with Gasteiger partial charge in [0.25, 0.3) is 0 Å². The minimum atomic E-state index is -0.305. The van der Waals surface area contributed by atoms with Crippen LogP contribution in [0.15, 0.2) is 103 Å². The highest BCUT2D eigenvalue weighted by Crippen LogP contribution is 2.65. The van der Waals surface area contributed by atoms with Gasteiger partial charge in [0.1, 0.15) is 11.6 Å². The Labute approximate surface area is 478 Å². The number of rotatable bonds is 8. The summed E-state index contributed by atoms with van der Waals surface area (Å²) in [5.74, 6) is 2.70. The summed E-state index contributed by atoms with van der Waals surface area (Å²) in [5, 5.41) is 26.1. The second-order valence-corrected chi connectivity index (χ2v) is 25.5. The van der Waals surface area contributed by atoms with Gasteiger partial charge >= 0.3 is 0 Å². The summed E-state index contributed by atoms with van der Waals surface area (Å²) in [4.78, 5) is 24.0. The summed E-state index contributed by atoms with van der Waals surface area (Å²) in [5.41, 5.74) is 9.84. The van der Waals surface area contributed by atoms with Crippen molar-refractivity contribution < 1.29 is 86.8 Å². The monoisotopic (exact) mass is 1260 g/mol. The fourth-order valence-corrected chi connectivity index (χ4v) is 12.1. The lowest BCUT2D eigenvalue weighted by molar-refractivity contribution is -0.777. The van der Waals surface area contributed by atoms with Gasteiger partial charge in [-0.1, -0.05) is 215 Å². The number of ketones is 2. The molecule has 4 atom stereocenters. The molecule has 0 heterocycles. The molecule has 0 radical (unpaired) electrons. The zero-order valence-corrected chi connectivity index (χ0v) is 53.3. The van der Waals surface area contributed by atoms with E-state index in [2.05, 4.69) is 221 Å². The van der Waals surface area contributed by atoms with Crippen molar-refractivity contribution in [2.45, 2.75) is 172 Å². The average Bonchev–Trinajstić information content (AvgIpc) is 3.82. The zero-order chi connectivity index (χ0) is 52.8. The molecule has 8 rings (SSSR count). The van der Waals surface area contributed by atoms with Crippen molar-refractivity contribution in [3.8, 4) is 0 Å². The summed E-state index contributed by atoms with van der Waals surface area (Å²) in [6.07, 6.45) is 5.42. The summed E-state index contributed by atoms with van der Waals surface area (Å²) >= 11 is 1.90. The van der Waals surface area contributed by atoms with Gasteiger partial charge in [-0.15, -0.1) is 0 Å². The SMILES string of the molecule is CC1(C)C2CCC1(CSOO[O-])C(=O)C2.CC1(C)C2CCC1(CSOO[O-])C(=O)C2.Cc1ccc(C(C)(C)C)cc1.Cc1ccc(C(C)(C)C)cc1.Cc1ccc(C(C)(C)C)cc1.Cc1ccccc1.[IH2+].[IH2+]. The molecule has 0 saturated heterocycles. The number of carbonyl (C=O) groups is 2. The highest BCUT2D eigenvalue weighted by atomic mass is 127. The first-order valence-corrected chi connectivity index (χ1v) is 26.8. The molecule has 4 saturated carbocycles. The summed E-state index contributed by atoms with van der Waals surface area (Å²) in [6.45, 7) is 37.1. The molecular weight excluding hydrogens is 1170 g/mol. The van der Waals surface area contributed by atoms with Crippen molar-refractivity contribution in [3.63, 3.8) is 0 Å². The van der Waals surface area contributed by atoms with Crippen LogP contribution in [0.4, 0.5) is 0 Å². The van der Waals surface area contributed by atoms with Gasteiger partial charge in [0.15, 0.2) is 0 Å². The average molecular weight is 1260 g/mol. The van der Waals surface area contributed by atoms with Gasteiger partial charge in [-0.05, 0) is 109 Å². The maximum atomic E-state index is 12.0. The molecule has 4 unspecified atom stereocenters. The van der Waals surface area contributed by atoms with Crippen LogP contribution >= 0.6 is 24.1 Å². The second kappa shape index (κ2) is 29.6. The van der Waals surface area contributed by atoms with Gasteiger partial charge < -0.3 is 10.5 Å². The molecule has 12 heteroatoms. The summed E-state index contributed by atoms with van der Waals surface area (Å²) in [6, 6.07) is 36.5. The van der Waals surface area contributed by atoms with Crippen molar-refractivity contribution >= 4 is 35.7 Å². The summed E-state index contributed by atoms with van der Waals surface area (Å²) in [7, 11) is 0. The van der Waals surface area contributed by atoms with Crippen molar-refractivity contribution in [1.29, 1.82) is 0 Å². The number of fused-ring (bicyclic) bond motifs is 4. The number of aryl methyl sites for hydroxylation is 4. The van der Waals surface area contributed by atoms with E-state index in [1.165, 1.54) is 38.9 Å². The minimum absolute atomic E-state index is 0. The first-order valence-electron chi connectivity index (χ1n) is 24.9. The van der Waals surface area contributed by atoms with E-state index < -0.39 is 0 Å². The molecule has 0 amide bonds. The lowest BCUT2D eigenvalue weighted by Gasteiger charge is -2.35. The Bertz CT molecular complexity index is 2010. The maximum absolute atomic E-state index is 12.0. The van der Waals surface area contributed by atoms with Crippen LogP contribution in [0, 0.1) is 61.2 Å². The third-order valence-corrected chi connectivity index (χ3v) is 17.3. The van der Waals surface area contributed by atoms with Gasteiger partial charge in [-0.25, -0.2) is 0 Å². The van der Waals surface area contributed by atoms with Gasteiger partial charge in [-0.3, -0.25) is 19.7 Å². The first-order chi connectivity index (χ1) is 32.5.